The monoisotopic (exact) mass is 318 g/mol. The van der Waals surface area contributed by atoms with Gasteiger partial charge in [0.25, 0.3) is 0 Å². The van der Waals surface area contributed by atoms with Crippen molar-refractivity contribution in [2.75, 3.05) is 19.0 Å². The standard InChI is InChI=1S/C16H18N2O5/c1-23-12-4-2-10(3-5-12)6-7-17-16(22)18-11-8-13(19)15(21)14(20)9-11/h2-5,8-9,19-21H,6-7H2,1H3,(H2,17,18,22). The van der Waals surface area contributed by atoms with Crippen LogP contribution in [0, 0.1) is 0 Å². The van der Waals surface area contributed by atoms with E-state index in [1.165, 1.54) is 0 Å². The molecule has 0 spiro atoms. The Hall–Kier alpha value is -3.09. The van der Waals surface area contributed by atoms with Crippen LogP contribution in [0.1, 0.15) is 5.56 Å². The number of aromatic hydroxyl groups is 3. The van der Waals surface area contributed by atoms with E-state index in [0.717, 1.165) is 23.4 Å². The molecule has 0 unspecified atom stereocenters. The molecule has 2 rings (SSSR count). The Bertz CT molecular complexity index is 662. The van der Waals surface area contributed by atoms with E-state index >= 15 is 0 Å². The number of phenols is 3. The highest BCUT2D eigenvalue weighted by Gasteiger charge is 2.10. The summed E-state index contributed by atoms with van der Waals surface area (Å²) in [5.74, 6) is -0.890. The minimum atomic E-state index is -0.629. The lowest BCUT2D eigenvalue weighted by Crippen LogP contribution is -2.30. The second-order valence-corrected chi connectivity index (χ2v) is 4.84. The zero-order valence-electron chi connectivity index (χ0n) is 12.5. The van der Waals surface area contributed by atoms with Crippen molar-refractivity contribution in [2.24, 2.45) is 0 Å². The molecule has 2 aromatic rings. The van der Waals surface area contributed by atoms with Crippen molar-refractivity contribution >= 4 is 11.7 Å². The first-order valence-electron chi connectivity index (χ1n) is 6.92. The molecule has 0 atom stereocenters. The summed E-state index contributed by atoms with van der Waals surface area (Å²) in [5.41, 5.74) is 1.21. The molecular weight excluding hydrogens is 300 g/mol. The number of carbonyl (C=O) groups excluding carboxylic acids is 1. The number of carbonyl (C=O) groups is 1. The molecule has 0 heterocycles. The zero-order chi connectivity index (χ0) is 16.8. The Kier molecular flexibility index (Phi) is 5.14. The third-order valence-corrected chi connectivity index (χ3v) is 3.19. The van der Waals surface area contributed by atoms with Gasteiger partial charge in [-0.25, -0.2) is 4.79 Å². The average molecular weight is 318 g/mol. The number of methoxy groups -OCH3 is 1. The van der Waals surface area contributed by atoms with E-state index in [0.29, 0.717) is 13.0 Å². The van der Waals surface area contributed by atoms with Gasteiger partial charge in [0.15, 0.2) is 17.2 Å². The fourth-order valence-corrected chi connectivity index (χ4v) is 1.96. The highest BCUT2D eigenvalue weighted by Crippen LogP contribution is 2.37. The van der Waals surface area contributed by atoms with Crippen molar-refractivity contribution in [3.8, 4) is 23.0 Å². The van der Waals surface area contributed by atoms with E-state index in [-0.39, 0.29) is 5.69 Å². The molecule has 0 saturated carbocycles. The number of hydrogen-bond donors (Lipinski definition) is 5. The summed E-state index contributed by atoms with van der Waals surface area (Å²) in [6.45, 7) is 0.411. The minimum absolute atomic E-state index is 0.166. The Labute approximate surface area is 133 Å². The van der Waals surface area contributed by atoms with Gasteiger partial charge in [-0.15, -0.1) is 0 Å². The quantitative estimate of drug-likeness (QED) is 0.428. The number of urea groups is 1. The molecule has 7 nitrogen and oxygen atoms in total. The van der Waals surface area contributed by atoms with E-state index in [2.05, 4.69) is 10.6 Å². The number of hydrogen-bond acceptors (Lipinski definition) is 5. The maximum atomic E-state index is 11.7. The third-order valence-electron chi connectivity index (χ3n) is 3.19. The summed E-state index contributed by atoms with van der Waals surface area (Å²) >= 11 is 0. The van der Waals surface area contributed by atoms with E-state index in [9.17, 15) is 20.1 Å². The van der Waals surface area contributed by atoms with Crippen LogP contribution >= 0.6 is 0 Å². The van der Waals surface area contributed by atoms with Crippen LogP contribution in [0.25, 0.3) is 0 Å². The minimum Gasteiger partial charge on any atom is -0.504 e. The van der Waals surface area contributed by atoms with Gasteiger partial charge < -0.3 is 30.7 Å². The highest BCUT2D eigenvalue weighted by atomic mass is 16.5. The predicted octanol–water partition coefficient (Wildman–Crippen LogP) is 2.18. The number of phenolic OH excluding ortho intramolecular Hbond substituents is 3. The van der Waals surface area contributed by atoms with Crippen molar-refractivity contribution < 1.29 is 24.9 Å². The van der Waals surface area contributed by atoms with Gasteiger partial charge in [-0.1, -0.05) is 12.1 Å². The molecular formula is C16H18N2O5. The van der Waals surface area contributed by atoms with Crippen LogP contribution < -0.4 is 15.4 Å². The Morgan fingerprint density at radius 1 is 1.09 bits per heavy atom. The van der Waals surface area contributed by atoms with Gasteiger partial charge in [0.05, 0.1) is 12.8 Å². The summed E-state index contributed by atoms with van der Waals surface area (Å²) < 4.78 is 5.07. The second-order valence-electron chi connectivity index (χ2n) is 4.84. The average Bonchev–Trinajstić information content (AvgIpc) is 2.53. The van der Waals surface area contributed by atoms with Crippen LogP contribution in [0.3, 0.4) is 0 Å². The van der Waals surface area contributed by atoms with Gasteiger partial charge in [-0.2, -0.15) is 0 Å². The van der Waals surface area contributed by atoms with E-state index < -0.39 is 23.3 Å². The summed E-state index contributed by atoms with van der Waals surface area (Å²) in [5, 5.41) is 33.1. The smallest absolute Gasteiger partial charge is 0.319 e. The van der Waals surface area contributed by atoms with Crippen LogP contribution in [0.2, 0.25) is 0 Å². The normalized spacial score (nSPS) is 10.1. The number of anilines is 1. The Balaban J connectivity index is 1.83. The number of rotatable bonds is 5. The first kappa shape index (κ1) is 16.3. The molecule has 0 radical (unpaired) electrons. The summed E-state index contributed by atoms with van der Waals surface area (Å²) in [7, 11) is 1.60. The van der Waals surface area contributed by atoms with Gasteiger partial charge in [0.2, 0.25) is 0 Å². The fraction of sp³-hybridized carbons (Fsp3) is 0.188. The molecule has 0 saturated heterocycles. The van der Waals surface area contributed by atoms with Crippen LogP contribution in [0.15, 0.2) is 36.4 Å². The van der Waals surface area contributed by atoms with E-state index in [4.69, 9.17) is 4.74 Å². The third kappa shape index (κ3) is 4.44. The summed E-state index contributed by atoms with van der Waals surface area (Å²) in [4.78, 5) is 11.7. The van der Waals surface area contributed by atoms with Crippen LogP contribution in [-0.4, -0.2) is 35.0 Å². The first-order valence-corrected chi connectivity index (χ1v) is 6.92. The van der Waals surface area contributed by atoms with Crippen molar-refractivity contribution in [1.82, 2.24) is 5.32 Å². The molecule has 0 aromatic heterocycles. The Morgan fingerprint density at radius 3 is 2.26 bits per heavy atom. The number of amides is 2. The zero-order valence-corrected chi connectivity index (χ0v) is 12.5. The molecule has 7 heteroatoms. The molecule has 2 amide bonds. The van der Waals surface area contributed by atoms with Crippen molar-refractivity contribution in [2.45, 2.75) is 6.42 Å². The van der Waals surface area contributed by atoms with Gasteiger partial charge in [-0.05, 0) is 24.1 Å². The van der Waals surface area contributed by atoms with Gasteiger partial charge in [-0.3, -0.25) is 0 Å². The maximum Gasteiger partial charge on any atom is 0.319 e. The molecule has 2 aromatic carbocycles. The van der Waals surface area contributed by atoms with Crippen LogP contribution in [0.4, 0.5) is 10.5 Å². The second kappa shape index (κ2) is 7.26. The molecule has 0 fully saturated rings. The van der Waals surface area contributed by atoms with E-state index in [1.807, 2.05) is 24.3 Å². The van der Waals surface area contributed by atoms with Crippen molar-refractivity contribution in [3.05, 3.63) is 42.0 Å². The van der Waals surface area contributed by atoms with Crippen molar-refractivity contribution in [1.29, 1.82) is 0 Å². The topological polar surface area (TPSA) is 111 Å². The lowest BCUT2D eigenvalue weighted by atomic mass is 10.1. The van der Waals surface area contributed by atoms with Gasteiger partial charge in [0, 0.05) is 18.7 Å². The number of benzene rings is 2. The molecule has 122 valence electrons. The summed E-state index contributed by atoms with van der Waals surface area (Å²) in [6.07, 6.45) is 0.642. The van der Waals surface area contributed by atoms with Crippen LogP contribution in [0.5, 0.6) is 23.0 Å². The maximum absolute atomic E-state index is 11.7. The number of ether oxygens (including phenoxy) is 1. The Morgan fingerprint density at radius 2 is 1.70 bits per heavy atom. The summed E-state index contributed by atoms with van der Waals surface area (Å²) in [6, 6.07) is 9.30. The molecule has 0 bridgehead atoms. The largest absolute Gasteiger partial charge is 0.504 e. The lowest BCUT2D eigenvalue weighted by molar-refractivity contribution is 0.252. The van der Waals surface area contributed by atoms with Gasteiger partial charge >= 0.3 is 6.03 Å². The fourth-order valence-electron chi connectivity index (χ4n) is 1.96. The van der Waals surface area contributed by atoms with E-state index in [1.54, 1.807) is 7.11 Å². The molecule has 0 aliphatic heterocycles. The lowest BCUT2D eigenvalue weighted by Gasteiger charge is -2.09. The van der Waals surface area contributed by atoms with Crippen molar-refractivity contribution in [3.63, 3.8) is 0 Å². The molecule has 0 aliphatic rings. The van der Waals surface area contributed by atoms with Gasteiger partial charge in [0.1, 0.15) is 5.75 Å². The molecule has 0 aliphatic carbocycles. The highest BCUT2D eigenvalue weighted by molar-refractivity contribution is 5.90. The van der Waals surface area contributed by atoms with Crippen LogP contribution in [-0.2, 0) is 6.42 Å². The SMILES string of the molecule is COc1ccc(CCNC(=O)Nc2cc(O)c(O)c(O)c2)cc1. The predicted molar refractivity (Wildman–Crippen MR) is 85.2 cm³/mol. The number of nitrogens with one attached hydrogen (secondary N) is 2. The molecule has 5 N–H and O–H groups in total. The molecule has 23 heavy (non-hydrogen) atoms. The first-order chi connectivity index (χ1) is 11.0.